The molecule has 1 amide bonds. The number of aromatic nitrogens is 2. The van der Waals surface area contributed by atoms with Crippen molar-refractivity contribution in [2.24, 2.45) is 0 Å². The minimum Gasteiger partial charge on any atom is -0.444 e. The van der Waals surface area contributed by atoms with Crippen LogP contribution < -0.4 is 5.32 Å². The molecule has 0 aliphatic carbocycles. The number of hydrogen-bond acceptors (Lipinski definition) is 3. The number of rotatable bonds is 3. The van der Waals surface area contributed by atoms with Gasteiger partial charge in [-0.2, -0.15) is 0 Å². The van der Waals surface area contributed by atoms with Crippen LogP contribution in [0.25, 0.3) is 5.65 Å². The second-order valence-corrected chi connectivity index (χ2v) is 6.42. The van der Waals surface area contributed by atoms with Crippen LogP contribution in [0.1, 0.15) is 26.5 Å². The fraction of sp³-hybridized carbons (Fsp3) is 0.429. The molecule has 2 aromatic heterocycles. The highest BCUT2D eigenvalue weighted by Gasteiger charge is 2.15. The molecule has 0 spiro atoms. The van der Waals surface area contributed by atoms with Gasteiger partial charge in [0, 0.05) is 35.5 Å². The zero-order chi connectivity index (χ0) is 14.8. The number of imidazole rings is 1. The molecule has 0 aliphatic rings. The van der Waals surface area contributed by atoms with Crippen molar-refractivity contribution in [1.29, 1.82) is 0 Å². The SMILES string of the molecule is CC(C)(C)OC(=O)NCCc1cnc2ccc(Br)cn12. The highest BCUT2D eigenvalue weighted by molar-refractivity contribution is 9.10. The molecule has 0 radical (unpaired) electrons. The molecule has 0 aromatic carbocycles. The molecule has 0 atom stereocenters. The van der Waals surface area contributed by atoms with Gasteiger partial charge < -0.3 is 14.5 Å². The van der Waals surface area contributed by atoms with Crippen LogP contribution in [0.15, 0.2) is 29.0 Å². The lowest BCUT2D eigenvalue weighted by atomic mass is 10.2. The van der Waals surface area contributed by atoms with Gasteiger partial charge in [-0.3, -0.25) is 0 Å². The van der Waals surface area contributed by atoms with E-state index in [9.17, 15) is 4.79 Å². The number of nitrogens with one attached hydrogen (secondary N) is 1. The van der Waals surface area contributed by atoms with E-state index >= 15 is 0 Å². The smallest absolute Gasteiger partial charge is 0.407 e. The standard InChI is InChI=1S/C14H18BrN3O2/c1-14(2,3)20-13(19)16-7-6-11-8-17-12-5-4-10(15)9-18(11)12/h4-5,8-9H,6-7H2,1-3H3,(H,16,19). The maximum atomic E-state index is 11.5. The van der Waals surface area contributed by atoms with Crippen LogP contribution in [-0.2, 0) is 11.2 Å². The van der Waals surface area contributed by atoms with Crippen LogP contribution in [0, 0.1) is 0 Å². The Morgan fingerprint density at radius 1 is 1.45 bits per heavy atom. The molecule has 2 rings (SSSR count). The van der Waals surface area contributed by atoms with Crippen LogP contribution in [0.4, 0.5) is 4.79 Å². The van der Waals surface area contributed by atoms with E-state index in [0.29, 0.717) is 13.0 Å². The fourth-order valence-electron chi connectivity index (χ4n) is 1.80. The molecule has 2 aromatic rings. The lowest BCUT2D eigenvalue weighted by Gasteiger charge is -2.19. The second kappa shape index (κ2) is 5.83. The lowest BCUT2D eigenvalue weighted by Crippen LogP contribution is -2.33. The summed E-state index contributed by atoms with van der Waals surface area (Å²) < 4.78 is 8.17. The van der Waals surface area contributed by atoms with E-state index in [-0.39, 0.29) is 0 Å². The monoisotopic (exact) mass is 339 g/mol. The summed E-state index contributed by atoms with van der Waals surface area (Å²) in [5.74, 6) is 0. The van der Waals surface area contributed by atoms with E-state index in [1.165, 1.54) is 0 Å². The van der Waals surface area contributed by atoms with Gasteiger partial charge in [-0.1, -0.05) is 0 Å². The Bertz CT molecular complexity index is 616. The number of amides is 1. The molecule has 0 fully saturated rings. The molecule has 2 heterocycles. The van der Waals surface area contributed by atoms with E-state index in [2.05, 4.69) is 26.2 Å². The quantitative estimate of drug-likeness (QED) is 0.934. The van der Waals surface area contributed by atoms with Gasteiger partial charge in [-0.15, -0.1) is 0 Å². The maximum absolute atomic E-state index is 11.5. The number of carbonyl (C=O) groups is 1. The first kappa shape index (κ1) is 14.8. The molecule has 6 heteroatoms. The van der Waals surface area contributed by atoms with Crippen LogP contribution >= 0.6 is 15.9 Å². The first-order valence-corrected chi connectivity index (χ1v) is 7.23. The molecule has 108 valence electrons. The summed E-state index contributed by atoms with van der Waals surface area (Å²) >= 11 is 3.44. The van der Waals surface area contributed by atoms with Crippen molar-refractivity contribution >= 4 is 27.7 Å². The van der Waals surface area contributed by atoms with Crippen LogP contribution in [-0.4, -0.2) is 27.6 Å². The molecule has 5 nitrogen and oxygen atoms in total. The largest absolute Gasteiger partial charge is 0.444 e. The average Bonchev–Trinajstić information content (AvgIpc) is 2.69. The molecular weight excluding hydrogens is 322 g/mol. The highest BCUT2D eigenvalue weighted by Crippen LogP contribution is 2.14. The molecule has 0 bridgehead atoms. The number of halogens is 1. The van der Waals surface area contributed by atoms with Gasteiger partial charge in [0.1, 0.15) is 11.2 Å². The Balaban J connectivity index is 1.93. The summed E-state index contributed by atoms with van der Waals surface area (Å²) in [7, 11) is 0. The summed E-state index contributed by atoms with van der Waals surface area (Å²) in [6.45, 7) is 6.03. The Morgan fingerprint density at radius 3 is 2.90 bits per heavy atom. The van der Waals surface area contributed by atoms with Gasteiger partial charge in [0.2, 0.25) is 0 Å². The number of pyridine rings is 1. The predicted molar refractivity (Wildman–Crippen MR) is 80.8 cm³/mol. The van der Waals surface area contributed by atoms with Crippen molar-refractivity contribution in [3.05, 3.63) is 34.7 Å². The van der Waals surface area contributed by atoms with Crippen molar-refractivity contribution in [3.63, 3.8) is 0 Å². The Morgan fingerprint density at radius 2 is 2.20 bits per heavy atom. The van der Waals surface area contributed by atoms with Crippen molar-refractivity contribution in [3.8, 4) is 0 Å². The molecule has 0 unspecified atom stereocenters. The minimum atomic E-state index is -0.474. The minimum absolute atomic E-state index is 0.396. The maximum Gasteiger partial charge on any atom is 0.407 e. The number of fused-ring (bicyclic) bond motifs is 1. The third kappa shape index (κ3) is 3.96. The van der Waals surface area contributed by atoms with E-state index in [0.717, 1.165) is 15.8 Å². The van der Waals surface area contributed by atoms with Crippen molar-refractivity contribution < 1.29 is 9.53 Å². The van der Waals surface area contributed by atoms with Crippen LogP contribution in [0.3, 0.4) is 0 Å². The van der Waals surface area contributed by atoms with Crippen molar-refractivity contribution in [2.45, 2.75) is 32.8 Å². The molecular formula is C14H18BrN3O2. The third-order valence-corrected chi connectivity index (χ3v) is 3.06. The number of hydrogen-bond donors (Lipinski definition) is 1. The second-order valence-electron chi connectivity index (χ2n) is 5.50. The predicted octanol–water partition coefficient (Wildman–Crippen LogP) is 3.16. The Hall–Kier alpha value is -1.56. The zero-order valence-corrected chi connectivity index (χ0v) is 13.4. The number of ether oxygens (including phenoxy) is 1. The van der Waals surface area contributed by atoms with E-state index in [1.54, 1.807) is 0 Å². The molecule has 0 saturated heterocycles. The lowest BCUT2D eigenvalue weighted by molar-refractivity contribution is 0.0528. The van der Waals surface area contributed by atoms with Crippen molar-refractivity contribution in [2.75, 3.05) is 6.54 Å². The summed E-state index contributed by atoms with van der Waals surface area (Å²) in [4.78, 5) is 15.9. The molecule has 20 heavy (non-hydrogen) atoms. The molecule has 1 N–H and O–H groups in total. The van der Waals surface area contributed by atoms with Crippen LogP contribution in [0.5, 0.6) is 0 Å². The fourth-order valence-corrected chi connectivity index (χ4v) is 2.13. The highest BCUT2D eigenvalue weighted by atomic mass is 79.9. The van der Waals surface area contributed by atoms with Gasteiger partial charge in [-0.25, -0.2) is 9.78 Å². The van der Waals surface area contributed by atoms with E-state index < -0.39 is 11.7 Å². The number of carbonyl (C=O) groups excluding carboxylic acids is 1. The van der Waals surface area contributed by atoms with Gasteiger partial charge in [0.05, 0.1) is 0 Å². The van der Waals surface area contributed by atoms with Gasteiger partial charge >= 0.3 is 6.09 Å². The third-order valence-electron chi connectivity index (χ3n) is 2.60. The van der Waals surface area contributed by atoms with Gasteiger partial charge in [-0.05, 0) is 48.8 Å². The number of nitrogens with zero attached hydrogens (tertiary/aromatic N) is 2. The average molecular weight is 340 g/mol. The summed E-state index contributed by atoms with van der Waals surface area (Å²) in [5.41, 5.74) is 1.45. The van der Waals surface area contributed by atoms with Gasteiger partial charge in [0.25, 0.3) is 0 Å². The van der Waals surface area contributed by atoms with E-state index in [1.807, 2.05) is 49.7 Å². The van der Waals surface area contributed by atoms with Crippen LogP contribution in [0.2, 0.25) is 0 Å². The van der Waals surface area contributed by atoms with Gasteiger partial charge in [0.15, 0.2) is 0 Å². The summed E-state index contributed by atoms with van der Waals surface area (Å²) in [5, 5.41) is 2.74. The molecule has 0 saturated carbocycles. The molecule has 0 aliphatic heterocycles. The summed E-state index contributed by atoms with van der Waals surface area (Å²) in [6.07, 6.45) is 4.08. The summed E-state index contributed by atoms with van der Waals surface area (Å²) in [6, 6.07) is 3.89. The van der Waals surface area contributed by atoms with E-state index in [4.69, 9.17) is 4.74 Å². The number of alkyl carbamates (subject to hydrolysis) is 1. The topological polar surface area (TPSA) is 55.6 Å². The first-order valence-electron chi connectivity index (χ1n) is 6.43. The zero-order valence-electron chi connectivity index (χ0n) is 11.8. The normalized spacial score (nSPS) is 11.6. The van der Waals surface area contributed by atoms with Crippen molar-refractivity contribution in [1.82, 2.24) is 14.7 Å². The Labute approximate surface area is 126 Å². The Kier molecular flexibility index (Phi) is 4.32. The first-order chi connectivity index (χ1) is 9.35.